The van der Waals surface area contributed by atoms with Crippen molar-refractivity contribution in [1.29, 1.82) is 0 Å². The number of rotatable bonds is 10. The third-order valence-corrected chi connectivity index (χ3v) is 7.68. The van der Waals surface area contributed by atoms with Crippen LogP contribution in [-0.2, 0) is 17.1 Å². The molecule has 0 saturated carbocycles. The number of thioether (sulfide) groups is 1. The van der Waals surface area contributed by atoms with Crippen molar-refractivity contribution in [1.82, 2.24) is 20.4 Å². The van der Waals surface area contributed by atoms with Crippen LogP contribution in [0.5, 0.6) is 5.75 Å². The first kappa shape index (κ1) is 25.8. The van der Waals surface area contributed by atoms with Crippen LogP contribution < -0.4 is 10.1 Å². The van der Waals surface area contributed by atoms with Crippen LogP contribution >= 0.6 is 35.0 Å². The molecule has 7 nitrogen and oxygen atoms in total. The second kappa shape index (κ2) is 12.6. The van der Waals surface area contributed by atoms with Gasteiger partial charge in [0.15, 0.2) is 0 Å². The van der Waals surface area contributed by atoms with Crippen LogP contribution in [0.15, 0.2) is 47.0 Å². The topological polar surface area (TPSA) is 80.5 Å². The van der Waals surface area contributed by atoms with Crippen molar-refractivity contribution in [3.8, 4) is 17.1 Å². The van der Waals surface area contributed by atoms with Gasteiger partial charge in [-0.3, -0.25) is 9.69 Å². The second-order valence-corrected chi connectivity index (χ2v) is 10.3. The number of hydrogen-bond donors (Lipinski definition) is 1. The molecule has 0 aliphatic carbocycles. The number of halogens is 2. The monoisotopic (exact) mass is 534 g/mol. The van der Waals surface area contributed by atoms with Crippen LogP contribution in [0.1, 0.15) is 24.3 Å². The van der Waals surface area contributed by atoms with Gasteiger partial charge in [-0.25, -0.2) is 0 Å². The number of nitrogens with one attached hydrogen (secondary N) is 1. The molecular weight excluding hydrogens is 507 g/mol. The van der Waals surface area contributed by atoms with Gasteiger partial charge in [-0.2, -0.15) is 16.7 Å². The summed E-state index contributed by atoms with van der Waals surface area (Å²) in [6.45, 7) is 2.84. The maximum Gasteiger partial charge on any atom is 0.241 e. The van der Waals surface area contributed by atoms with Gasteiger partial charge in [-0.15, -0.1) is 0 Å². The first-order valence-corrected chi connectivity index (χ1v) is 13.4. The molecule has 0 atom stereocenters. The zero-order chi connectivity index (χ0) is 24.6. The van der Waals surface area contributed by atoms with Gasteiger partial charge >= 0.3 is 0 Å². The predicted octanol–water partition coefficient (Wildman–Crippen LogP) is 5.31. The van der Waals surface area contributed by atoms with Crippen molar-refractivity contribution in [2.75, 3.05) is 32.5 Å². The quantitative estimate of drug-likeness (QED) is 0.352. The highest BCUT2D eigenvalue weighted by molar-refractivity contribution is 7.98. The number of hydrogen-bond acceptors (Lipinski definition) is 7. The van der Waals surface area contributed by atoms with Gasteiger partial charge in [0.1, 0.15) is 5.75 Å². The van der Waals surface area contributed by atoms with Crippen LogP contribution in [-0.4, -0.2) is 53.4 Å². The molecule has 1 saturated heterocycles. The maximum atomic E-state index is 12.6. The van der Waals surface area contributed by atoms with Crippen molar-refractivity contribution in [2.45, 2.75) is 25.1 Å². The average Bonchev–Trinajstić information content (AvgIpc) is 3.34. The van der Waals surface area contributed by atoms with Crippen molar-refractivity contribution >= 4 is 40.9 Å². The first-order chi connectivity index (χ1) is 17.0. The molecule has 10 heteroatoms. The van der Waals surface area contributed by atoms with Gasteiger partial charge in [-0.05, 0) is 67.9 Å². The molecule has 2 aromatic carbocycles. The molecule has 3 aromatic rings. The molecule has 0 radical (unpaired) electrons. The highest BCUT2D eigenvalue weighted by Crippen LogP contribution is 2.28. The minimum absolute atomic E-state index is 0.0341. The van der Waals surface area contributed by atoms with E-state index >= 15 is 0 Å². The molecule has 0 spiro atoms. The molecule has 0 bridgehead atoms. The molecule has 35 heavy (non-hydrogen) atoms. The van der Waals surface area contributed by atoms with E-state index in [4.69, 9.17) is 32.5 Å². The van der Waals surface area contributed by atoms with E-state index in [2.05, 4.69) is 20.4 Å². The van der Waals surface area contributed by atoms with Gasteiger partial charge in [0, 0.05) is 39.6 Å². The lowest BCUT2D eigenvalue weighted by Crippen LogP contribution is -2.40. The molecule has 186 valence electrons. The van der Waals surface area contributed by atoms with Crippen molar-refractivity contribution in [2.24, 2.45) is 5.92 Å². The molecule has 1 amide bonds. The van der Waals surface area contributed by atoms with Crippen molar-refractivity contribution in [3.05, 3.63) is 64.0 Å². The third-order valence-electron chi connectivity index (χ3n) is 5.99. The number of methoxy groups -OCH3 is 1. The summed E-state index contributed by atoms with van der Waals surface area (Å²) in [6, 6.07) is 13.1. The van der Waals surface area contributed by atoms with E-state index in [0.717, 1.165) is 54.3 Å². The van der Waals surface area contributed by atoms with Crippen LogP contribution in [0.4, 0.5) is 0 Å². The van der Waals surface area contributed by atoms with Crippen molar-refractivity contribution < 1.29 is 14.1 Å². The SMILES string of the molecule is COc1ccc(-c2noc(CN3CCC(C(=O)NCCSCc4c(Cl)cccc4Cl)CC3)n2)cc1. The first-order valence-electron chi connectivity index (χ1n) is 11.5. The molecule has 1 N–H and O–H groups in total. The molecule has 1 aromatic heterocycles. The number of ether oxygens (including phenoxy) is 1. The zero-order valence-corrected chi connectivity index (χ0v) is 21.8. The fraction of sp³-hybridized carbons (Fsp3) is 0.400. The number of amides is 1. The summed E-state index contributed by atoms with van der Waals surface area (Å²) in [5.41, 5.74) is 1.82. The fourth-order valence-electron chi connectivity index (χ4n) is 3.96. The summed E-state index contributed by atoms with van der Waals surface area (Å²) in [7, 11) is 1.63. The summed E-state index contributed by atoms with van der Waals surface area (Å²) < 4.78 is 10.6. The Hall–Kier alpha value is -2.26. The number of benzene rings is 2. The lowest BCUT2D eigenvalue weighted by molar-refractivity contribution is -0.126. The Morgan fingerprint density at radius 3 is 2.57 bits per heavy atom. The molecular formula is C25H28Cl2N4O3S. The Labute approximate surface area is 219 Å². The summed E-state index contributed by atoms with van der Waals surface area (Å²) in [5, 5.41) is 8.52. The van der Waals surface area contributed by atoms with Crippen molar-refractivity contribution in [3.63, 3.8) is 0 Å². The smallest absolute Gasteiger partial charge is 0.241 e. The fourth-order valence-corrected chi connectivity index (χ4v) is 5.55. The molecule has 1 aliphatic heterocycles. The highest BCUT2D eigenvalue weighted by atomic mass is 35.5. The largest absolute Gasteiger partial charge is 0.497 e. The molecule has 1 aliphatic rings. The Kier molecular flexibility index (Phi) is 9.31. The van der Waals surface area contributed by atoms with Gasteiger partial charge in [-0.1, -0.05) is 34.4 Å². The molecule has 0 unspecified atom stereocenters. The summed E-state index contributed by atoms with van der Waals surface area (Å²) >= 11 is 14.1. The van der Waals surface area contributed by atoms with Gasteiger partial charge in [0.2, 0.25) is 17.6 Å². The van der Waals surface area contributed by atoms with E-state index in [-0.39, 0.29) is 11.8 Å². The Balaban J connectivity index is 1.15. The predicted molar refractivity (Wildman–Crippen MR) is 140 cm³/mol. The summed E-state index contributed by atoms with van der Waals surface area (Å²) in [6.07, 6.45) is 1.63. The number of nitrogens with zero attached hydrogens (tertiary/aromatic N) is 3. The van der Waals surface area contributed by atoms with E-state index in [1.54, 1.807) is 18.9 Å². The van der Waals surface area contributed by atoms with E-state index in [9.17, 15) is 4.79 Å². The number of carbonyl (C=O) groups excluding carboxylic acids is 1. The van der Waals surface area contributed by atoms with Crippen LogP contribution in [0.25, 0.3) is 11.4 Å². The standard InChI is InChI=1S/C25H28Cl2N4O3S/c1-33-19-7-5-17(6-8-19)24-29-23(34-30-24)15-31-12-9-18(10-13-31)25(32)28-11-14-35-16-20-21(26)3-2-4-22(20)27/h2-8,18H,9-16H2,1H3,(H,28,32). The lowest BCUT2D eigenvalue weighted by atomic mass is 9.96. The van der Waals surface area contributed by atoms with Crippen LogP contribution in [0, 0.1) is 5.92 Å². The lowest BCUT2D eigenvalue weighted by Gasteiger charge is -2.30. The molecule has 4 rings (SSSR count). The summed E-state index contributed by atoms with van der Waals surface area (Å²) in [4.78, 5) is 19.3. The number of aromatic nitrogens is 2. The normalized spacial score (nSPS) is 14.7. The van der Waals surface area contributed by atoms with Gasteiger partial charge in [0.25, 0.3) is 0 Å². The molecule has 1 fully saturated rings. The number of carbonyl (C=O) groups is 1. The van der Waals surface area contributed by atoms with E-state index in [1.165, 1.54) is 0 Å². The maximum absolute atomic E-state index is 12.6. The van der Waals surface area contributed by atoms with E-state index in [0.29, 0.717) is 34.8 Å². The second-order valence-electron chi connectivity index (χ2n) is 8.33. The Morgan fingerprint density at radius 1 is 1.17 bits per heavy atom. The third kappa shape index (κ3) is 7.13. The molecule has 2 heterocycles. The Morgan fingerprint density at radius 2 is 1.89 bits per heavy atom. The minimum Gasteiger partial charge on any atom is -0.497 e. The summed E-state index contributed by atoms with van der Waals surface area (Å²) in [5.74, 6) is 3.61. The number of piperidine rings is 1. The number of likely N-dealkylation sites (tertiary alicyclic amines) is 1. The van der Waals surface area contributed by atoms with E-state index in [1.807, 2.05) is 42.5 Å². The Bertz CT molecular complexity index is 1100. The van der Waals surface area contributed by atoms with Gasteiger partial charge in [0.05, 0.1) is 13.7 Å². The highest BCUT2D eigenvalue weighted by Gasteiger charge is 2.25. The average molecular weight is 535 g/mol. The zero-order valence-electron chi connectivity index (χ0n) is 19.5. The van der Waals surface area contributed by atoms with Crippen LogP contribution in [0.3, 0.4) is 0 Å². The minimum atomic E-state index is 0.0341. The van der Waals surface area contributed by atoms with E-state index < -0.39 is 0 Å². The van der Waals surface area contributed by atoms with Crippen LogP contribution in [0.2, 0.25) is 10.0 Å². The van der Waals surface area contributed by atoms with Gasteiger partial charge < -0.3 is 14.6 Å².